The zero-order valence-electron chi connectivity index (χ0n) is 22.6. The Labute approximate surface area is 214 Å². The molecule has 183 valence electrons. The number of rotatable bonds is 8. The average Bonchev–Trinajstić information content (AvgIpc) is 2.89. The van der Waals surface area contributed by atoms with Crippen molar-refractivity contribution in [2.45, 2.75) is 66.7 Å². The van der Waals surface area contributed by atoms with Crippen LogP contribution in [0.4, 0.5) is 0 Å². The van der Waals surface area contributed by atoms with Crippen molar-refractivity contribution in [1.82, 2.24) is 0 Å². The molecule has 0 aromatic heterocycles. The highest BCUT2D eigenvalue weighted by Gasteiger charge is 2.25. The molecule has 0 saturated heterocycles. The van der Waals surface area contributed by atoms with Crippen molar-refractivity contribution in [2.75, 3.05) is 0 Å². The van der Waals surface area contributed by atoms with Crippen LogP contribution in [0.15, 0.2) is 96.1 Å². The molecule has 0 bridgehead atoms. The summed E-state index contributed by atoms with van der Waals surface area (Å²) in [4.78, 5) is 0. The van der Waals surface area contributed by atoms with Gasteiger partial charge in [-0.15, -0.1) is 0 Å². The van der Waals surface area contributed by atoms with Gasteiger partial charge in [-0.2, -0.15) is 0 Å². The first-order valence-electron chi connectivity index (χ1n) is 13.5. The molecule has 0 amide bonds. The second-order valence-corrected chi connectivity index (χ2v) is 9.89. The van der Waals surface area contributed by atoms with Gasteiger partial charge in [-0.25, -0.2) is 0 Å². The van der Waals surface area contributed by atoms with Crippen molar-refractivity contribution >= 4 is 16.8 Å². The largest absolute Gasteiger partial charge is 0.0985 e. The van der Waals surface area contributed by atoms with Crippen molar-refractivity contribution in [1.29, 1.82) is 0 Å². The monoisotopic (exact) mass is 463 g/mol. The summed E-state index contributed by atoms with van der Waals surface area (Å²) in [7, 11) is 0. The van der Waals surface area contributed by atoms with E-state index in [1.54, 1.807) is 16.7 Å². The van der Waals surface area contributed by atoms with Gasteiger partial charge in [-0.3, -0.25) is 0 Å². The summed E-state index contributed by atoms with van der Waals surface area (Å²) in [5.41, 5.74) is 8.69. The van der Waals surface area contributed by atoms with Gasteiger partial charge in [0.1, 0.15) is 0 Å². The number of benzene rings is 3. The SMILES string of the molecule is C=Cc1ccc2ccccc2c1[CH]C(CC1=C(C(C)C)CCC=C1C(C)C)c1ccccc1.CC. The van der Waals surface area contributed by atoms with Gasteiger partial charge in [0.25, 0.3) is 0 Å². The van der Waals surface area contributed by atoms with Crippen molar-refractivity contribution in [2.24, 2.45) is 11.8 Å². The van der Waals surface area contributed by atoms with Gasteiger partial charge >= 0.3 is 0 Å². The maximum Gasteiger partial charge on any atom is -0.000254 e. The van der Waals surface area contributed by atoms with Crippen LogP contribution in [0.3, 0.4) is 0 Å². The lowest BCUT2D eigenvalue weighted by Crippen LogP contribution is -2.14. The lowest BCUT2D eigenvalue weighted by molar-refractivity contribution is 0.637. The van der Waals surface area contributed by atoms with Gasteiger partial charge in [0, 0.05) is 0 Å². The highest BCUT2D eigenvalue weighted by molar-refractivity contribution is 5.90. The lowest BCUT2D eigenvalue weighted by Gasteiger charge is -2.30. The molecule has 3 aromatic carbocycles. The predicted octanol–water partition coefficient (Wildman–Crippen LogP) is 10.6. The predicted molar refractivity (Wildman–Crippen MR) is 157 cm³/mol. The lowest BCUT2D eigenvalue weighted by atomic mass is 9.75. The van der Waals surface area contributed by atoms with E-state index in [9.17, 15) is 0 Å². The normalized spacial score (nSPS) is 14.6. The Morgan fingerprint density at radius 3 is 2.17 bits per heavy atom. The molecule has 0 aliphatic heterocycles. The van der Waals surface area contributed by atoms with E-state index >= 15 is 0 Å². The van der Waals surface area contributed by atoms with Crippen LogP contribution in [0.2, 0.25) is 0 Å². The van der Waals surface area contributed by atoms with E-state index in [0.717, 1.165) is 6.42 Å². The van der Waals surface area contributed by atoms with Crippen LogP contribution < -0.4 is 0 Å². The fourth-order valence-corrected chi connectivity index (χ4v) is 5.38. The third kappa shape index (κ3) is 6.23. The first-order valence-corrected chi connectivity index (χ1v) is 13.5. The van der Waals surface area contributed by atoms with Crippen molar-refractivity contribution in [3.63, 3.8) is 0 Å². The highest BCUT2D eigenvalue weighted by atomic mass is 14.3. The standard InChI is InChI=1S/C33H37.C2H6/c1-6-25-19-20-27-15-10-11-16-31(27)32(25)21-28(26-13-8-7-9-14-26)22-33-29(23(2)3)17-12-18-30(33)24(4)5;1-2/h6-11,13-17,19-21,23-24,28H,1,12,18,22H2,2-5H3;1-2H3. The highest BCUT2D eigenvalue weighted by Crippen LogP contribution is 2.42. The first kappa shape index (κ1) is 26.7. The van der Waals surface area contributed by atoms with E-state index in [1.807, 2.05) is 19.9 Å². The maximum absolute atomic E-state index is 4.13. The van der Waals surface area contributed by atoms with E-state index in [-0.39, 0.29) is 0 Å². The molecule has 0 heteroatoms. The van der Waals surface area contributed by atoms with Crippen LogP contribution >= 0.6 is 0 Å². The molecule has 0 heterocycles. The molecule has 0 N–H and O–H groups in total. The Morgan fingerprint density at radius 1 is 0.829 bits per heavy atom. The quantitative estimate of drug-likeness (QED) is 0.311. The van der Waals surface area contributed by atoms with Gasteiger partial charge in [0.15, 0.2) is 0 Å². The molecular formula is C35H43. The van der Waals surface area contributed by atoms with Gasteiger partial charge < -0.3 is 0 Å². The minimum Gasteiger partial charge on any atom is -0.0985 e. The first-order chi connectivity index (χ1) is 17.0. The minimum atomic E-state index is 0.305. The van der Waals surface area contributed by atoms with E-state index in [4.69, 9.17) is 0 Å². The second-order valence-electron chi connectivity index (χ2n) is 9.89. The molecule has 0 fully saturated rings. The van der Waals surface area contributed by atoms with E-state index in [1.165, 1.54) is 40.3 Å². The zero-order valence-corrected chi connectivity index (χ0v) is 22.6. The molecule has 1 atom stereocenters. The molecule has 0 saturated carbocycles. The summed E-state index contributed by atoms with van der Waals surface area (Å²) in [5, 5.41) is 2.58. The average molecular weight is 464 g/mol. The van der Waals surface area contributed by atoms with Gasteiger partial charge in [-0.1, -0.05) is 133 Å². The van der Waals surface area contributed by atoms with Crippen LogP contribution in [0.1, 0.15) is 83.4 Å². The molecule has 0 nitrogen and oxygen atoms in total. The van der Waals surface area contributed by atoms with Crippen LogP contribution in [-0.4, -0.2) is 0 Å². The van der Waals surface area contributed by atoms with Crippen LogP contribution in [0.5, 0.6) is 0 Å². The summed E-state index contributed by atoms with van der Waals surface area (Å²) in [6.07, 6.45) is 10.4. The smallest absolute Gasteiger partial charge is 0.000254 e. The minimum absolute atomic E-state index is 0.305. The molecule has 35 heavy (non-hydrogen) atoms. The molecule has 3 aromatic rings. The van der Waals surface area contributed by atoms with E-state index in [2.05, 4.69) is 114 Å². The topological polar surface area (TPSA) is 0 Å². The van der Waals surface area contributed by atoms with Crippen molar-refractivity contribution in [3.8, 4) is 0 Å². The number of allylic oxidation sites excluding steroid dienone is 4. The molecule has 1 aliphatic carbocycles. The molecule has 1 unspecified atom stereocenters. The molecule has 1 aliphatic rings. The molecule has 4 rings (SSSR count). The summed E-state index contributed by atoms with van der Waals surface area (Å²) in [5.74, 6) is 1.44. The van der Waals surface area contributed by atoms with E-state index < -0.39 is 0 Å². The van der Waals surface area contributed by atoms with Crippen LogP contribution in [0.25, 0.3) is 16.8 Å². The Kier molecular flexibility index (Phi) is 9.73. The summed E-state index contributed by atoms with van der Waals surface area (Å²) < 4.78 is 0. The third-order valence-corrected chi connectivity index (χ3v) is 7.08. The number of hydrogen-bond acceptors (Lipinski definition) is 0. The maximum atomic E-state index is 4.13. The van der Waals surface area contributed by atoms with Crippen LogP contribution in [0, 0.1) is 18.3 Å². The fourth-order valence-electron chi connectivity index (χ4n) is 5.38. The molecular weight excluding hydrogens is 420 g/mol. The Balaban J connectivity index is 0.00000167. The fraction of sp³-hybridized carbons (Fsp3) is 0.343. The molecule has 1 radical (unpaired) electrons. The Bertz CT molecular complexity index is 1170. The van der Waals surface area contributed by atoms with Crippen molar-refractivity contribution in [3.05, 3.63) is 119 Å². The number of hydrogen-bond donors (Lipinski definition) is 0. The Hall–Kier alpha value is -2.86. The van der Waals surface area contributed by atoms with Crippen LogP contribution in [-0.2, 0) is 0 Å². The second kappa shape index (κ2) is 12.7. The Morgan fingerprint density at radius 2 is 1.51 bits per heavy atom. The van der Waals surface area contributed by atoms with Gasteiger partial charge in [-0.05, 0) is 82.0 Å². The summed E-state index contributed by atoms with van der Waals surface area (Å²) in [6.45, 7) is 17.5. The van der Waals surface area contributed by atoms with Gasteiger partial charge in [0.05, 0.1) is 0 Å². The van der Waals surface area contributed by atoms with Gasteiger partial charge in [0.2, 0.25) is 0 Å². The summed E-state index contributed by atoms with van der Waals surface area (Å²) >= 11 is 0. The number of fused-ring (bicyclic) bond motifs is 1. The van der Waals surface area contributed by atoms with Crippen molar-refractivity contribution < 1.29 is 0 Å². The summed E-state index contributed by atoms with van der Waals surface area (Å²) in [6, 6.07) is 24.2. The molecule has 0 spiro atoms. The third-order valence-electron chi connectivity index (χ3n) is 7.08. The van der Waals surface area contributed by atoms with E-state index in [0.29, 0.717) is 17.8 Å². The zero-order chi connectivity index (χ0) is 25.4.